The summed E-state index contributed by atoms with van der Waals surface area (Å²) in [6.07, 6.45) is 2.37. The van der Waals surface area contributed by atoms with E-state index < -0.39 is 11.7 Å². The molecule has 0 spiro atoms. The highest BCUT2D eigenvalue weighted by molar-refractivity contribution is 5.98. The third kappa shape index (κ3) is 2.36. The molecule has 3 aliphatic carbocycles. The topological polar surface area (TPSA) is 70.8 Å². The molecule has 1 saturated carbocycles. The van der Waals surface area contributed by atoms with Gasteiger partial charge < -0.3 is 18.6 Å². The third-order valence-electron chi connectivity index (χ3n) is 5.49. The Bertz CT molecular complexity index is 879. The molecule has 0 saturated heterocycles. The van der Waals surface area contributed by atoms with Crippen LogP contribution in [0.4, 0.5) is 0 Å². The first-order chi connectivity index (χ1) is 12.5. The second-order valence-corrected chi connectivity index (χ2v) is 6.86. The van der Waals surface area contributed by atoms with Crippen LogP contribution in [0.15, 0.2) is 28.7 Å². The normalized spacial score (nSPS) is 27.2. The van der Waals surface area contributed by atoms with Crippen LogP contribution in [0, 0.1) is 18.8 Å². The zero-order valence-electron chi connectivity index (χ0n) is 15.4. The number of oxazole rings is 1. The van der Waals surface area contributed by atoms with Gasteiger partial charge in [-0.05, 0) is 38.0 Å². The summed E-state index contributed by atoms with van der Waals surface area (Å²) in [5, 5.41) is 0. The Morgan fingerprint density at radius 1 is 1.31 bits per heavy atom. The summed E-state index contributed by atoms with van der Waals surface area (Å²) in [5.74, 6) is -1.68. The van der Waals surface area contributed by atoms with E-state index in [-0.39, 0.29) is 17.8 Å². The molecular formula is C20H23NO5. The molecule has 1 aromatic carbocycles. The van der Waals surface area contributed by atoms with Gasteiger partial charge in [0, 0.05) is 26.4 Å². The molecule has 0 amide bonds. The van der Waals surface area contributed by atoms with Crippen molar-refractivity contribution in [2.24, 2.45) is 11.8 Å². The quantitative estimate of drug-likeness (QED) is 0.766. The van der Waals surface area contributed by atoms with Gasteiger partial charge in [0.1, 0.15) is 5.52 Å². The average molecular weight is 357 g/mol. The third-order valence-corrected chi connectivity index (χ3v) is 5.49. The lowest BCUT2D eigenvalue weighted by atomic mass is 9.65. The molecule has 1 heterocycles. The van der Waals surface area contributed by atoms with E-state index in [1.165, 1.54) is 14.2 Å². The molecule has 3 atom stereocenters. The van der Waals surface area contributed by atoms with Gasteiger partial charge in [-0.1, -0.05) is 12.1 Å². The average Bonchev–Trinajstić information content (AvgIpc) is 3.06. The SMILES string of the molecule is CCO[C@H]1C[C@H]2C(c3nc4cc(C)ccc4o3)=C[C@@H]1C(=O)C2(OC)OC. The highest BCUT2D eigenvalue weighted by Crippen LogP contribution is 2.51. The van der Waals surface area contributed by atoms with Crippen molar-refractivity contribution >= 4 is 22.5 Å². The molecule has 6 heteroatoms. The molecule has 0 radical (unpaired) electrons. The molecule has 2 bridgehead atoms. The Morgan fingerprint density at radius 3 is 2.77 bits per heavy atom. The van der Waals surface area contributed by atoms with Crippen molar-refractivity contribution in [2.45, 2.75) is 32.2 Å². The van der Waals surface area contributed by atoms with Crippen molar-refractivity contribution in [3.05, 3.63) is 35.7 Å². The van der Waals surface area contributed by atoms with Crippen LogP contribution in [0.1, 0.15) is 24.8 Å². The number of carbonyl (C=O) groups excluding carboxylic acids is 1. The minimum absolute atomic E-state index is 0.104. The number of fused-ring (bicyclic) bond motifs is 3. The summed E-state index contributed by atoms with van der Waals surface area (Å²) in [7, 11) is 3.01. The number of hydrogen-bond acceptors (Lipinski definition) is 6. The van der Waals surface area contributed by atoms with Crippen LogP contribution in [0.5, 0.6) is 0 Å². The molecule has 138 valence electrons. The van der Waals surface area contributed by atoms with E-state index in [0.717, 1.165) is 22.2 Å². The number of ether oxygens (including phenoxy) is 3. The maximum atomic E-state index is 13.0. The molecule has 1 aromatic heterocycles. The van der Waals surface area contributed by atoms with E-state index in [1.807, 2.05) is 38.1 Å². The van der Waals surface area contributed by atoms with Crippen LogP contribution < -0.4 is 0 Å². The smallest absolute Gasteiger partial charge is 0.236 e. The van der Waals surface area contributed by atoms with Crippen LogP contribution in [0.3, 0.4) is 0 Å². The summed E-state index contributed by atoms with van der Waals surface area (Å²) >= 11 is 0. The van der Waals surface area contributed by atoms with Crippen molar-refractivity contribution in [1.82, 2.24) is 4.98 Å². The van der Waals surface area contributed by atoms with Gasteiger partial charge in [-0.3, -0.25) is 4.79 Å². The van der Waals surface area contributed by atoms with Crippen LogP contribution >= 0.6 is 0 Å². The first-order valence-corrected chi connectivity index (χ1v) is 8.89. The lowest BCUT2D eigenvalue weighted by molar-refractivity contribution is -0.243. The number of rotatable bonds is 5. The van der Waals surface area contributed by atoms with E-state index >= 15 is 0 Å². The van der Waals surface area contributed by atoms with E-state index in [4.69, 9.17) is 18.6 Å². The molecule has 1 fully saturated rings. The van der Waals surface area contributed by atoms with E-state index in [2.05, 4.69) is 4.98 Å². The van der Waals surface area contributed by atoms with Crippen molar-refractivity contribution in [3.63, 3.8) is 0 Å². The minimum Gasteiger partial charge on any atom is -0.436 e. The summed E-state index contributed by atoms with van der Waals surface area (Å²) in [6, 6.07) is 5.89. The molecular weight excluding hydrogens is 334 g/mol. The number of benzene rings is 1. The van der Waals surface area contributed by atoms with Crippen molar-refractivity contribution in [2.75, 3.05) is 20.8 Å². The Morgan fingerprint density at radius 2 is 2.08 bits per heavy atom. The largest absolute Gasteiger partial charge is 0.436 e. The zero-order valence-corrected chi connectivity index (χ0v) is 15.4. The summed E-state index contributed by atoms with van der Waals surface area (Å²) < 4.78 is 23.0. The maximum Gasteiger partial charge on any atom is 0.236 e. The zero-order chi connectivity index (χ0) is 18.5. The lowest BCUT2D eigenvalue weighted by Crippen LogP contribution is -2.62. The first kappa shape index (κ1) is 17.4. The molecule has 0 N–H and O–H groups in total. The second kappa shape index (κ2) is 6.30. The number of aryl methyl sites for hydroxylation is 1. The first-order valence-electron chi connectivity index (χ1n) is 8.89. The monoisotopic (exact) mass is 357 g/mol. The molecule has 2 aromatic rings. The molecule has 0 aliphatic heterocycles. The van der Waals surface area contributed by atoms with Crippen LogP contribution in [-0.4, -0.2) is 43.5 Å². The number of methoxy groups -OCH3 is 2. The molecule has 3 aliphatic rings. The molecule has 0 unspecified atom stereocenters. The predicted octanol–water partition coefficient (Wildman–Crippen LogP) is 3.13. The van der Waals surface area contributed by atoms with Gasteiger partial charge in [-0.2, -0.15) is 0 Å². The van der Waals surface area contributed by atoms with Gasteiger partial charge in [-0.25, -0.2) is 4.98 Å². The van der Waals surface area contributed by atoms with Crippen molar-refractivity contribution in [1.29, 1.82) is 0 Å². The van der Waals surface area contributed by atoms with Crippen LogP contribution in [0.25, 0.3) is 16.7 Å². The van der Waals surface area contributed by atoms with Gasteiger partial charge in [0.25, 0.3) is 0 Å². The Kier molecular flexibility index (Phi) is 4.22. The van der Waals surface area contributed by atoms with Gasteiger partial charge in [0.05, 0.1) is 17.9 Å². The highest BCUT2D eigenvalue weighted by atomic mass is 16.7. The van der Waals surface area contributed by atoms with Crippen molar-refractivity contribution < 1.29 is 23.4 Å². The van der Waals surface area contributed by atoms with Gasteiger partial charge >= 0.3 is 0 Å². The van der Waals surface area contributed by atoms with Crippen LogP contribution in [0.2, 0.25) is 0 Å². The maximum absolute atomic E-state index is 13.0. The number of carbonyl (C=O) groups is 1. The van der Waals surface area contributed by atoms with Crippen LogP contribution in [-0.2, 0) is 19.0 Å². The van der Waals surface area contributed by atoms with E-state index in [0.29, 0.717) is 18.9 Å². The standard InChI is InChI=1S/C20H23NO5/c1-5-25-17-10-14-12(9-13(17)18(22)20(14,23-3)24-4)19-21-15-8-11(2)6-7-16(15)26-19/h6-9,13-14,17H,5,10H2,1-4H3/t13-,14-,17-/m0/s1. The van der Waals surface area contributed by atoms with Gasteiger partial charge in [0.15, 0.2) is 5.58 Å². The number of ketones is 1. The molecule has 26 heavy (non-hydrogen) atoms. The Labute approximate surface area is 152 Å². The highest BCUT2D eigenvalue weighted by Gasteiger charge is 2.61. The Balaban J connectivity index is 1.83. The van der Waals surface area contributed by atoms with Crippen molar-refractivity contribution in [3.8, 4) is 0 Å². The summed E-state index contributed by atoms with van der Waals surface area (Å²) in [6.45, 7) is 4.50. The second-order valence-electron chi connectivity index (χ2n) is 6.86. The predicted molar refractivity (Wildman–Crippen MR) is 95.5 cm³/mol. The number of aromatic nitrogens is 1. The van der Waals surface area contributed by atoms with Gasteiger partial charge in [0.2, 0.25) is 17.5 Å². The fourth-order valence-corrected chi connectivity index (χ4v) is 4.27. The van der Waals surface area contributed by atoms with E-state index in [9.17, 15) is 4.79 Å². The summed E-state index contributed by atoms with van der Waals surface area (Å²) in [4.78, 5) is 17.7. The Hall–Kier alpha value is -2.02. The molecule has 5 rings (SSSR count). The number of Topliss-reactive ketones (excluding diaryl/α,β-unsaturated/α-hetero) is 1. The number of hydrogen-bond donors (Lipinski definition) is 0. The minimum atomic E-state index is -1.32. The number of nitrogens with zero attached hydrogens (tertiary/aromatic N) is 1. The summed E-state index contributed by atoms with van der Waals surface area (Å²) in [5.41, 5.74) is 3.49. The fourth-order valence-electron chi connectivity index (χ4n) is 4.27. The fraction of sp³-hybridized carbons (Fsp3) is 0.500. The van der Waals surface area contributed by atoms with Gasteiger partial charge in [-0.15, -0.1) is 0 Å². The lowest BCUT2D eigenvalue weighted by Gasteiger charge is -2.49. The molecule has 6 nitrogen and oxygen atoms in total. The van der Waals surface area contributed by atoms with E-state index in [1.54, 1.807) is 0 Å².